The zero-order valence-electron chi connectivity index (χ0n) is 12.6. The minimum absolute atomic E-state index is 0.0462. The molecule has 0 unspecified atom stereocenters. The Hall–Kier alpha value is -1.82. The van der Waals surface area contributed by atoms with Crippen LogP contribution in [0.25, 0.3) is 0 Å². The Balaban J connectivity index is 1.85. The van der Waals surface area contributed by atoms with E-state index in [1.54, 1.807) is 12.3 Å². The Morgan fingerprint density at radius 1 is 1.38 bits per heavy atom. The van der Waals surface area contributed by atoms with Gasteiger partial charge in [0.25, 0.3) is 0 Å². The highest BCUT2D eigenvalue weighted by Gasteiger charge is 2.29. The van der Waals surface area contributed by atoms with Gasteiger partial charge in [-0.3, -0.25) is 4.79 Å². The summed E-state index contributed by atoms with van der Waals surface area (Å²) in [5.41, 5.74) is 0.268. The lowest BCUT2D eigenvalue weighted by Gasteiger charge is -2.37. The third-order valence-electron chi connectivity index (χ3n) is 4.27. The molecule has 1 aromatic heterocycles. The molecule has 2 rings (SSSR count). The number of carboxylic acid groups (broad SMARTS) is 1. The van der Waals surface area contributed by atoms with Crippen LogP contribution in [0.1, 0.15) is 30.3 Å². The van der Waals surface area contributed by atoms with E-state index in [1.807, 2.05) is 0 Å². The third-order valence-corrected chi connectivity index (χ3v) is 4.27. The van der Waals surface area contributed by atoms with Gasteiger partial charge in [-0.05, 0) is 50.5 Å². The molecule has 1 amide bonds. The quantitative estimate of drug-likeness (QED) is 0.850. The maximum atomic E-state index is 12.0. The molecule has 2 N–H and O–H groups in total. The summed E-state index contributed by atoms with van der Waals surface area (Å²) in [6.07, 6.45) is 3.74. The van der Waals surface area contributed by atoms with E-state index in [9.17, 15) is 9.59 Å². The molecular weight excluding hydrogens is 270 g/mol. The molecule has 1 saturated heterocycles. The number of likely N-dealkylation sites (tertiary alicyclic amines) is 1. The van der Waals surface area contributed by atoms with Crippen LogP contribution in [0.2, 0.25) is 0 Å². The van der Waals surface area contributed by atoms with E-state index >= 15 is 0 Å². The third kappa shape index (κ3) is 4.07. The lowest BCUT2D eigenvalue weighted by atomic mass is 9.80. The highest BCUT2D eigenvalue weighted by Crippen LogP contribution is 2.29. The minimum atomic E-state index is -1.02. The van der Waals surface area contributed by atoms with Crippen molar-refractivity contribution in [3.05, 3.63) is 24.0 Å². The summed E-state index contributed by atoms with van der Waals surface area (Å²) in [4.78, 5) is 25.3. The zero-order chi connectivity index (χ0) is 15.5. The highest BCUT2D eigenvalue weighted by molar-refractivity contribution is 5.86. The van der Waals surface area contributed by atoms with Gasteiger partial charge in [0.2, 0.25) is 5.91 Å². The molecule has 1 aliphatic rings. The fourth-order valence-electron chi connectivity index (χ4n) is 2.60. The molecule has 0 radical (unpaired) electrons. The smallest absolute Gasteiger partial charge is 0.352 e. The minimum Gasteiger partial charge on any atom is -0.477 e. The first kappa shape index (κ1) is 15.6. The van der Waals surface area contributed by atoms with Crippen molar-refractivity contribution in [1.82, 2.24) is 14.8 Å². The number of rotatable bonds is 5. The molecule has 116 valence electrons. The molecule has 0 bridgehead atoms. The summed E-state index contributed by atoms with van der Waals surface area (Å²) in [7, 11) is 2.11. The second-order valence-electron chi connectivity index (χ2n) is 6.22. The summed E-state index contributed by atoms with van der Waals surface area (Å²) in [5, 5.41) is 12.0. The van der Waals surface area contributed by atoms with Gasteiger partial charge in [-0.2, -0.15) is 0 Å². The van der Waals surface area contributed by atoms with Crippen LogP contribution in [-0.4, -0.2) is 53.1 Å². The molecule has 0 aromatic carbocycles. The number of aromatic carboxylic acids is 1. The van der Waals surface area contributed by atoms with Gasteiger partial charge in [-0.1, -0.05) is 6.92 Å². The van der Waals surface area contributed by atoms with Crippen LogP contribution >= 0.6 is 0 Å². The van der Waals surface area contributed by atoms with E-state index in [-0.39, 0.29) is 23.6 Å². The lowest BCUT2D eigenvalue weighted by molar-refractivity contribution is -0.122. The first-order chi connectivity index (χ1) is 9.89. The van der Waals surface area contributed by atoms with Gasteiger partial charge in [-0.25, -0.2) is 4.79 Å². The Morgan fingerprint density at radius 2 is 2.05 bits per heavy atom. The number of aromatic nitrogens is 1. The van der Waals surface area contributed by atoms with Crippen LogP contribution in [-0.2, 0) is 11.3 Å². The predicted molar refractivity (Wildman–Crippen MR) is 79.2 cm³/mol. The SMILES string of the molecule is CN1CCC(C)(CNC(=O)Cn2cccc2C(=O)O)CC1. The van der Waals surface area contributed by atoms with Gasteiger partial charge in [0.1, 0.15) is 12.2 Å². The number of carbonyl (C=O) groups excluding carboxylic acids is 1. The van der Waals surface area contributed by atoms with Gasteiger partial charge < -0.3 is 19.9 Å². The maximum Gasteiger partial charge on any atom is 0.352 e. The van der Waals surface area contributed by atoms with Crippen molar-refractivity contribution < 1.29 is 14.7 Å². The molecule has 1 fully saturated rings. The second kappa shape index (κ2) is 6.30. The van der Waals surface area contributed by atoms with Crippen LogP contribution in [0.15, 0.2) is 18.3 Å². The number of nitrogens with one attached hydrogen (secondary N) is 1. The van der Waals surface area contributed by atoms with Crippen molar-refractivity contribution in [2.75, 3.05) is 26.7 Å². The Bertz CT molecular complexity index is 516. The maximum absolute atomic E-state index is 12.0. The van der Waals surface area contributed by atoms with Crippen molar-refractivity contribution in [2.45, 2.75) is 26.3 Å². The standard InChI is InChI=1S/C15H23N3O3/c1-15(5-8-17(2)9-6-15)11-16-13(19)10-18-7-3-4-12(18)14(20)21/h3-4,7H,5-6,8-11H2,1-2H3,(H,16,19)(H,20,21). The monoisotopic (exact) mass is 293 g/mol. The van der Waals surface area contributed by atoms with E-state index < -0.39 is 5.97 Å². The number of nitrogens with zero attached hydrogens (tertiary/aromatic N) is 2. The van der Waals surface area contributed by atoms with Gasteiger partial charge >= 0.3 is 5.97 Å². The second-order valence-corrected chi connectivity index (χ2v) is 6.22. The molecule has 21 heavy (non-hydrogen) atoms. The summed E-state index contributed by atoms with van der Waals surface area (Å²) in [6, 6.07) is 3.13. The lowest BCUT2D eigenvalue weighted by Crippen LogP contribution is -2.44. The predicted octanol–water partition coefficient (Wildman–Crippen LogP) is 1.03. The number of amides is 1. The molecule has 0 spiro atoms. The van der Waals surface area contributed by atoms with Crippen molar-refractivity contribution in [2.24, 2.45) is 5.41 Å². The van der Waals surface area contributed by atoms with Gasteiger partial charge in [-0.15, -0.1) is 0 Å². The van der Waals surface area contributed by atoms with E-state index in [0.29, 0.717) is 6.54 Å². The molecule has 0 saturated carbocycles. The molecule has 2 heterocycles. The van der Waals surface area contributed by atoms with Crippen LogP contribution in [0.4, 0.5) is 0 Å². The van der Waals surface area contributed by atoms with Crippen molar-refractivity contribution in [1.29, 1.82) is 0 Å². The van der Waals surface area contributed by atoms with Crippen LogP contribution in [0, 0.1) is 5.41 Å². The fourth-order valence-corrected chi connectivity index (χ4v) is 2.60. The molecule has 0 atom stereocenters. The number of hydrogen-bond acceptors (Lipinski definition) is 3. The molecule has 1 aromatic rings. The molecule has 1 aliphatic heterocycles. The summed E-state index contributed by atoms with van der Waals surface area (Å²) < 4.78 is 1.45. The summed E-state index contributed by atoms with van der Waals surface area (Å²) in [6.45, 7) is 4.98. The normalized spacial score (nSPS) is 18.4. The Kier molecular flexibility index (Phi) is 4.67. The molecular formula is C15H23N3O3. The highest BCUT2D eigenvalue weighted by atomic mass is 16.4. The summed E-state index contributed by atoms with van der Waals surface area (Å²) >= 11 is 0. The zero-order valence-corrected chi connectivity index (χ0v) is 12.6. The Labute approximate surface area is 124 Å². The number of piperidine rings is 1. The van der Waals surface area contributed by atoms with Crippen molar-refractivity contribution in [3.63, 3.8) is 0 Å². The number of hydrogen-bond donors (Lipinski definition) is 2. The van der Waals surface area contributed by atoms with Gasteiger partial charge in [0.05, 0.1) is 0 Å². The van der Waals surface area contributed by atoms with Crippen LogP contribution in [0.3, 0.4) is 0 Å². The van der Waals surface area contributed by atoms with Crippen LogP contribution in [0.5, 0.6) is 0 Å². The number of carboxylic acids is 1. The Morgan fingerprint density at radius 3 is 2.67 bits per heavy atom. The van der Waals surface area contributed by atoms with Gasteiger partial charge in [0.15, 0.2) is 0 Å². The van der Waals surface area contributed by atoms with E-state index in [0.717, 1.165) is 25.9 Å². The first-order valence-corrected chi connectivity index (χ1v) is 7.23. The van der Waals surface area contributed by atoms with E-state index in [2.05, 4.69) is 24.2 Å². The van der Waals surface area contributed by atoms with E-state index in [4.69, 9.17) is 5.11 Å². The fraction of sp³-hybridized carbons (Fsp3) is 0.600. The largest absolute Gasteiger partial charge is 0.477 e. The van der Waals surface area contributed by atoms with Gasteiger partial charge in [0, 0.05) is 12.7 Å². The average molecular weight is 293 g/mol. The average Bonchev–Trinajstić information content (AvgIpc) is 2.89. The number of carbonyl (C=O) groups is 2. The molecule has 6 heteroatoms. The van der Waals surface area contributed by atoms with E-state index in [1.165, 1.54) is 10.6 Å². The summed E-state index contributed by atoms with van der Waals surface area (Å²) in [5.74, 6) is -1.16. The molecule has 6 nitrogen and oxygen atoms in total. The van der Waals surface area contributed by atoms with Crippen LogP contribution < -0.4 is 5.32 Å². The van der Waals surface area contributed by atoms with Crippen molar-refractivity contribution >= 4 is 11.9 Å². The molecule has 0 aliphatic carbocycles. The van der Waals surface area contributed by atoms with Crippen molar-refractivity contribution in [3.8, 4) is 0 Å². The topological polar surface area (TPSA) is 74.6 Å². The first-order valence-electron chi connectivity index (χ1n) is 7.23.